The zero-order chi connectivity index (χ0) is 21.6. The second kappa shape index (κ2) is 8.87. The summed E-state index contributed by atoms with van der Waals surface area (Å²) in [7, 11) is 0. The number of para-hydroxylation sites is 3. The highest BCUT2D eigenvalue weighted by Crippen LogP contribution is 2.28. The van der Waals surface area contributed by atoms with Crippen molar-refractivity contribution in [3.8, 4) is 17.2 Å². The lowest BCUT2D eigenvalue weighted by molar-refractivity contribution is -0.385. The molecular formula is C22H16N4O5. The van der Waals surface area contributed by atoms with Crippen LogP contribution in [0.1, 0.15) is 16.2 Å². The number of nitro groups is 1. The van der Waals surface area contributed by atoms with Crippen molar-refractivity contribution in [1.29, 1.82) is 0 Å². The normalized spacial score (nSPS) is 10.5. The molecule has 0 atom stereocenters. The van der Waals surface area contributed by atoms with Crippen LogP contribution in [0, 0.1) is 10.1 Å². The van der Waals surface area contributed by atoms with Gasteiger partial charge in [-0.05, 0) is 30.3 Å². The van der Waals surface area contributed by atoms with E-state index in [1.165, 1.54) is 18.2 Å². The average Bonchev–Trinajstić information content (AvgIpc) is 3.27. The first-order valence-electron chi connectivity index (χ1n) is 9.26. The van der Waals surface area contributed by atoms with Gasteiger partial charge in [-0.2, -0.15) is 4.98 Å². The Balaban J connectivity index is 1.54. The molecule has 0 aliphatic rings. The second-order valence-electron chi connectivity index (χ2n) is 6.39. The molecule has 154 valence electrons. The number of nitro benzene ring substituents is 1. The molecule has 0 saturated carbocycles. The summed E-state index contributed by atoms with van der Waals surface area (Å²) in [6, 6.07) is 21.8. The average molecular weight is 416 g/mol. The molecule has 0 fully saturated rings. The number of hydrogen-bond acceptors (Lipinski definition) is 7. The van der Waals surface area contributed by atoms with E-state index in [9.17, 15) is 14.9 Å². The Morgan fingerprint density at radius 2 is 1.71 bits per heavy atom. The largest absolute Gasteiger partial charge is 0.485 e. The van der Waals surface area contributed by atoms with E-state index in [2.05, 4.69) is 15.5 Å². The van der Waals surface area contributed by atoms with Crippen molar-refractivity contribution in [3.05, 3.63) is 100 Å². The maximum atomic E-state index is 12.7. The maximum Gasteiger partial charge on any atom is 0.282 e. The van der Waals surface area contributed by atoms with Crippen molar-refractivity contribution < 1.29 is 19.0 Å². The van der Waals surface area contributed by atoms with E-state index in [-0.39, 0.29) is 23.7 Å². The lowest BCUT2D eigenvalue weighted by Crippen LogP contribution is -2.14. The molecule has 4 aromatic rings. The highest BCUT2D eigenvalue weighted by Gasteiger charge is 2.21. The summed E-state index contributed by atoms with van der Waals surface area (Å²) in [6.45, 7) is 0.109. The molecule has 0 bridgehead atoms. The van der Waals surface area contributed by atoms with E-state index in [0.29, 0.717) is 22.8 Å². The van der Waals surface area contributed by atoms with Crippen LogP contribution in [-0.2, 0) is 6.61 Å². The standard InChI is InChI=1S/C22H16N4O5/c27-21(17-11-5-7-13-19(17)26(28)29)23-18-12-6-4-10-16(18)22-24-20(25-31-22)14-30-15-8-2-1-3-9-15/h1-13H,14H2,(H,23,27). The summed E-state index contributed by atoms with van der Waals surface area (Å²) >= 11 is 0. The maximum absolute atomic E-state index is 12.7. The third kappa shape index (κ3) is 4.56. The van der Waals surface area contributed by atoms with Gasteiger partial charge in [-0.3, -0.25) is 14.9 Å². The SMILES string of the molecule is O=C(Nc1ccccc1-c1nc(COc2ccccc2)no1)c1ccccc1[N+](=O)[O-]. The van der Waals surface area contributed by atoms with Gasteiger partial charge in [0.2, 0.25) is 5.82 Å². The van der Waals surface area contributed by atoms with E-state index in [1.54, 1.807) is 30.3 Å². The number of rotatable bonds is 7. The zero-order valence-corrected chi connectivity index (χ0v) is 16.1. The van der Waals surface area contributed by atoms with Gasteiger partial charge in [0.05, 0.1) is 16.2 Å². The van der Waals surface area contributed by atoms with Crippen LogP contribution in [0.2, 0.25) is 0 Å². The Hall–Kier alpha value is -4.53. The molecule has 3 aromatic carbocycles. The summed E-state index contributed by atoms with van der Waals surface area (Å²) in [5.41, 5.74) is 0.526. The molecular weight excluding hydrogens is 400 g/mol. The molecule has 31 heavy (non-hydrogen) atoms. The number of anilines is 1. The minimum absolute atomic E-state index is 0.0511. The topological polar surface area (TPSA) is 120 Å². The number of nitrogens with one attached hydrogen (secondary N) is 1. The summed E-state index contributed by atoms with van der Waals surface area (Å²) in [5, 5.41) is 17.8. The first-order chi connectivity index (χ1) is 15.1. The summed E-state index contributed by atoms with van der Waals surface area (Å²) in [4.78, 5) is 27.6. The van der Waals surface area contributed by atoms with Crippen LogP contribution < -0.4 is 10.1 Å². The van der Waals surface area contributed by atoms with Gasteiger partial charge in [-0.25, -0.2) is 0 Å². The van der Waals surface area contributed by atoms with Gasteiger partial charge in [0.1, 0.15) is 11.3 Å². The van der Waals surface area contributed by atoms with Crippen LogP contribution in [0.4, 0.5) is 11.4 Å². The number of amides is 1. The van der Waals surface area contributed by atoms with Crippen LogP contribution in [-0.4, -0.2) is 21.0 Å². The molecule has 4 rings (SSSR count). The number of carbonyl (C=O) groups excluding carboxylic acids is 1. The second-order valence-corrected chi connectivity index (χ2v) is 6.39. The number of hydrogen-bond donors (Lipinski definition) is 1. The van der Waals surface area contributed by atoms with Crippen LogP contribution in [0.15, 0.2) is 83.4 Å². The Kier molecular flexibility index (Phi) is 5.66. The predicted molar refractivity (Wildman–Crippen MR) is 112 cm³/mol. The Morgan fingerprint density at radius 1 is 1.00 bits per heavy atom. The van der Waals surface area contributed by atoms with Crippen molar-refractivity contribution >= 4 is 17.3 Å². The lowest BCUT2D eigenvalue weighted by atomic mass is 10.1. The lowest BCUT2D eigenvalue weighted by Gasteiger charge is -2.08. The fourth-order valence-corrected chi connectivity index (χ4v) is 2.88. The predicted octanol–water partition coefficient (Wildman–Crippen LogP) is 4.48. The molecule has 0 aliphatic carbocycles. The molecule has 0 aliphatic heterocycles. The first-order valence-corrected chi connectivity index (χ1v) is 9.26. The number of carbonyl (C=O) groups is 1. The molecule has 1 N–H and O–H groups in total. The van der Waals surface area contributed by atoms with E-state index in [1.807, 2.05) is 30.3 Å². The summed E-state index contributed by atoms with van der Waals surface area (Å²) in [6.07, 6.45) is 0. The van der Waals surface area contributed by atoms with Gasteiger partial charge in [0.25, 0.3) is 17.5 Å². The molecule has 1 amide bonds. The molecule has 1 heterocycles. The molecule has 0 saturated heterocycles. The smallest absolute Gasteiger partial charge is 0.282 e. The number of ether oxygens (including phenoxy) is 1. The fraction of sp³-hybridized carbons (Fsp3) is 0.0455. The van der Waals surface area contributed by atoms with Crippen molar-refractivity contribution in [2.45, 2.75) is 6.61 Å². The van der Waals surface area contributed by atoms with Gasteiger partial charge in [0.15, 0.2) is 6.61 Å². The van der Waals surface area contributed by atoms with Gasteiger partial charge >= 0.3 is 0 Å². The quantitative estimate of drug-likeness (QED) is 0.348. The number of benzene rings is 3. The Morgan fingerprint density at radius 3 is 2.52 bits per heavy atom. The minimum Gasteiger partial charge on any atom is -0.485 e. The fourth-order valence-electron chi connectivity index (χ4n) is 2.88. The van der Waals surface area contributed by atoms with Crippen molar-refractivity contribution in [1.82, 2.24) is 10.1 Å². The first kappa shape index (κ1) is 19.8. The number of aromatic nitrogens is 2. The highest BCUT2D eigenvalue weighted by molar-refractivity contribution is 6.08. The summed E-state index contributed by atoms with van der Waals surface area (Å²) < 4.78 is 10.9. The van der Waals surface area contributed by atoms with E-state index in [4.69, 9.17) is 9.26 Å². The van der Waals surface area contributed by atoms with Crippen LogP contribution >= 0.6 is 0 Å². The molecule has 0 spiro atoms. The van der Waals surface area contributed by atoms with E-state index >= 15 is 0 Å². The summed E-state index contributed by atoms with van der Waals surface area (Å²) in [5.74, 6) is 0.571. The Labute approximate surface area is 176 Å². The highest BCUT2D eigenvalue weighted by atomic mass is 16.6. The molecule has 1 aromatic heterocycles. The third-order valence-electron chi connectivity index (χ3n) is 4.33. The minimum atomic E-state index is -0.619. The van der Waals surface area contributed by atoms with Gasteiger partial charge in [-0.1, -0.05) is 47.6 Å². The van der Waals surface area contributed by atoms with Crippen LogP contribution in [0.5, 0.6) is 5.75 Å². The monoisotopic (exact) mass is 416 g/mol. The van der Waals surface area contributed by atoms with Crippen LogP contribution in [0.3, 0.4) is 0 Å². The molecule has 0 radical (unpaired) electrons. The van der Waals surface area contributed by atoms with Gasteiger partial charge < -0.3 is 14.6 Å². The molecule has 0 unspecified atom stereocenters. The molecule has 9 heteroatoms. The van der Waals surface area contributed by atoms with Gasteiger partial charge in [0, 0.05) is 6.07 Å². The van der Waals surface area contributed by atoms with Gasteiger partial charge in [-0.15, -0.1) is 0 Å². The van der Waals surface area contributed by atoms with Crippen molar-refractivity contribution in [3.63, 3.8) is 0 Å². The third-order valence-corrected chi connectivity index (χ3v) is 4.33. The van der Waals surface area contributed by atoms with Crippen molar-refractivity contribution in [2.24, 2.45) is 0 Å². The van der Waals surface area contributed by atoms with Crippen molar-refractivity contribution in [2.75, 3.05) is 5.32 Å². The molecule has 9 nitrogen and oxygen atoms in total. The van der Waals surface area contributed by atoms with E-state index < -0.39 is 10.8 Å². The van der Waals surface area contributed by atoms with Crippen LogP contribution in [0.25, 0.3) is 11.5 Å². The Bertz CT molecular complexity index is 1220. The van der Waals surface area contributed by atoms with E-state index in [0.717, 1.165) is 0 Å². The number of nitrogens with zero attached hydrogens (tertiary/aromatic N) is 3. The zero-order valence-electron chi connectivity index (χ0n) is 16.1.